The average molecular weight is 386 g/mol. The van der Waals surface area contributed by atoms with Crippen molar-refractivity contribution in [2.24, 2.45) is 0 Å². The summed E-state index contributed by atoms with van der Waals surface area (Å²) < 4.78 is 31.5. The maximum Gasteiger partial charge on any atom is 0.175 e. The van der Waals surface area contributed by atoms with E-state index in [9.17, 15) is 8.42 Å². The summed E-state index contributed by atoms with van der Waals surface area (Å²) in [5.41, 5.74) is 3.81. The molecule has 7 nitrogen and oxygen atoms in total. The molecular weight excluding hydrogens is 364 g/mol. The third-order valence-corrected chi connectivity index (χ3v) is 5.97. The maximum absolute atomic E-state index is 11.8. The molecule has 0 saturated heterocycles. The summed E-state index contributed by atoms with van der Waals surface area (Å²) in [6.07, 6.45) is 3.01. The minimum Gasteiger partial charge on any atom is -0.371 e. The molecule has 2 aromatic heterocycles. The van der Waals surface area contributed by atoms with Crippen LogP contribution in [-0.4, -0.2) is 42.4 Å². The second-order valence-electron chi connectivity index (χ2n) is 6.89. The van der Waals surface area contributed by atoms with Gasteiger partial charge in [0.25, 0.3) is 0 Å². The number of hydrogen-bond acceptors (Lipinski definition) is 6. The number of rotatable bonds is 5. The summed E-state index contributed by atoms with van der Waals surface area (Å²) in [6.45, 7) is 4.46. The molecule has 0 fully saturated rings. The predicted octanol–water partition coefficient (Wildman–Crippen LogP) is 2.00. The van der Waals surface area contributed by atoms with Gasteiger partial charge in [0.2, 0.25) is 0 Å². The van der Waals surface area contributed by atoms with Crippen molar-refractivity contribution in [2.75, 3.05) is 19.4 Å². The first-order valence-electron chi connectivity index (χ1n) is 8.83. The minimum atomic E-state index is -3.26. The standard InChI is InChI=1S/C19H22N4O3S/c1-13-4-3-7-21-17(13)10-20-9-14-11-26-12-19-22-16-8-15(27(2,24)25)5-6-18(16)23(14)19/h3-8,14,20H,9-12H2,1-2H3. The normalized spacial score (nSPS) is 17.2. The number of fused-ring (bicyclic) bond motifs is 3. The largest absolute Gasteiger partial charge is 0.371 e. The molecule has 0 amide bonds. The van der Waals surface area contributed by atoms with Crippen molar-refractivity contribution < 1.29 is 13.2 Å². The van der Waals surface area contributed by atoms with E-state index in [4.69, 9.17) is 4.74 Å². The average Bonchev–Trinajstić information content (AvgIpc) is 3.01. The fourth-order valence-corrected chi connectivity index (χ4v) is 4.08. The van der Waals surface area contributed by atoms with Crippen LogP contribution in [0.5, 0.6) is 0 Å². The zero-order chi connectivity index (χ0) is 19.0. The lowest BCUT2D eigenvalue weighted by atomic mass is 10.2. The summed E-state index contributed by atoms with van der Waals surface area (Å²) >= 11 is 0. The fourth-order valence-electron chi connectivity index (χ4n) is 3.44. The van der Waals surface area contributed by atoms with Crippen molar-refractivity contribution in [3.8, 4) is 0 Å². The molecule has 3 aromatic rings. The quantitative estimate of drug-likeness (QED) is 0.722. The molecule has 1 unspecified atom stereocenters. The molecule has 0 saturated carbocycles. The van der Waals surface area contributed by atoms with Crippen LogP contribution in [0.2, 0.25) is 0 Å². The summed E-state index contributed by atoms with van der Waals surface area (Å²) in [5, 5.41) is 3.46. The lowest BCUT2D eigenvalue weighted by molar-refractivity contribution is 0.0563. The first-order valence-corrected chi connectivity index (χ1v) is 10.7. The SMILES string of the molecule is Cc1cccnc1CNCC1COCc2nc3cc(S(C)(=O)=O)ccc3n21. The van der Waals surface area contributed by atoms with Gasteiger partial charge in [-0.2, -0.15) is 0 Å². The van der Waals surface area contributed by atoms with E-state index in [2.05, 4.69) is 32.8 Å². The number of aryl methyl sites for hydroxylation is 1. The number of ether oxygens (including phenoxy) is 1. The number of benzene rings is 1. The van der Waals surface area contributed by atoms with Gasteiger partial charge in [-0.1, -0.05) is 6.07 Å². The van der Waals surface area contributed by atoms with Crippen LogP contribution in [0.1, 0.15) is 23.1 Å². The van der Waals surface area contributed by atoms with E-state index < -0.39 is 9.84 Å². The van der Waals surface area contributed by atoms with E-state index in [1.807, 2.05) is 12.1 Å². The highest BCUT2D eigenvalue weighted by Crippen LogP contribution is 2.27. The van der Waals surface area contributed by atoms with Gasteiger partial charge in [-0.15, -0.1) is 0 Å². The van der Waals surface area contributed by atoms with Crippen LogP contribution in [0.25, 0.3) is 11.0 Å². The second kappa shape index (κ2) is 7.03. The van der Waals surface area contributed by atoms with Crippen molar-refractivity contribution in [2.45, 2.75) is 31.0 Å². The fraction of sp³-hybridized carbons (Fsp3) is 0.368. The first-order chi connectivity index (χ1) is 12.9. The van der Waals surface area contributed by atoms with Gasteiger partial charge in [-0.25, -0.2) is 13.4 Å². The molecule has 0 aliphatic carbocycles. The van der Waals surface area contributed by atoms with E-state index in [-0.39, 0.29) is 10.9 Å². The minimum absolute atomic E-state index is 0.0897. The Balaban J connectivity index is 1.58. The van der Waals surface area contributed by atoms with Crippen LogP contribution in [0.3, 0.4) is 0 Å². The van der Waals surface area contributed by atoms with Crippen molar-refractivity contribution in [3.05, 3.63) is 53.6 Å². The highest BCUT2D eigenvalue weighted by atomic mass is 32.2. The van der Waals surface area contributed by atoms with Crippen LogP contribution in [0.4, 0.5) is 0 Å². The molecule has 1 aliphatic rings. The summed E-state index contributed by atoms with van der Waals surface area (Å²) in [5.74, 6) is 0.822. The van der Waals surface area contributed by atoms with Crippen molar-refractivity contribution in [3.63, 3.8) is 0 Å². The van der Waals surface area contributed by atoms with Gasteiger partial charge in [0, 0.05) is 25.5 Å². The highest BCUT2D eigenvalue weighted by Gasteiger charge is 2.24. The monoisotopic (exact) mass is 386 g/mol. The molecule has 1 aromatic carbocycles. The third-order valence-electron chi connectivity index (χ3n) is 4.86. The summed E-state index contributed by atoms with van der Waals surface area (Å²) in [7, 11) is -3.26. The molecule has 3 heterocycles. The van der Waals surface area contributed by atoms with E-state index in [1.54, 1.807) is 18.3 Å². The van der Waals surface area contributed by atoms with Crippen molar-refractivity contribution >= 4 is 20.9 Å². The number of hydrogen-bond donors (Lipinski definition) is 1. The van der Waals surface area contributed by atoms with Gasteiger partial charge in [-0.05, 0) is 36.8 Å². The second-order valence-corrected chi connectivity index (χ2v) is 8.90. The Kier molecular flexibility index (Phi) is 4.71. The van der Waals surface area contributed by atoms with Gasteiger partial charge in [0.05, 0.1) is 34.3 Å². The smallest absolute Gasteiger partial charge is 0.175 e. The Hall–Kier alpha value is -2.29. The zero-order valence-corrected chi connectivity index (χ0v) is 16.2. The lowest BCUT2D eigenvalue weighted by Gasteiger charge is -2.26. The molecule has 142 valence electrons. The topological polar surface area (TPSA) is 86.1 Å². The van der Waals surface area contributed by atoms with Gasteiger partial charge in [0.1, 0.15) is 12.4 Å². The molecule has 27 heavy (non-hydrogen) atoms. The number of nitrogens with zero attached hydrogens (tertiary/aromatic N) is 3. The predicted molar refractivity (Wildman–Crippen MR) is 102 cm³/mol. The van der Waals surface area contributed by atoms with E-state index >= 15 is 0 Å². The van der Waals surface area contributed by atoms with Crippen LogP contribution in [0, 0.1) is 6.92 Å². The van der Waals surface area contributed by atoms with Gasteiger partial charge >= 0.3 is 0 Å². The Morgan fingerprint density at radius 2 is 2.19 bits per heavy atom. The Morgan fingerprint density at radius 1 is 1.33 bits per heavy atom. The van der Waals surface area contributed by atoms with Gasteiger partial charge < -0.3 is 14.6 Å². The number of sulfone groups is 1. The van der Waals surface area contributed by atoms with Crippen LogP contribution in [-0.2, 0) is 27.7 Å². The molecule has 4 rings (SSSR count). The molecule has 0 radical (unpaired) electrons. The van der Waals surface area contributed by atoms with E-state index in [0.29, 0.717) is 31.8 Å². The number of imidazole rings is 1. The lowest BCUT2D eigenvalue weighted by Crippen LogP contribution is -2.32. The molecule has 8 heteroatoms. The molecular formula is C19H22N4O3S. The Morgan fingerprint density at radius 3 is 2.96 bits per heavy atom. The number of pyridine rings is 1. The third kappa shape index (κ3) is 3.60. The van der Waals surface area contributed by atoms with Crippen LogP contribution >= 0.6 is 0 Å². The molecule has 0 bridgehead atoms. The Labute approximate surface area is 158 Å². The maximum atomic E-state index is 11.8. The van der Waals surface area contributed by atoms with E-state index in [0.717, 1.165) is 22.6 Å². The van der Waals surface area contributed by atoms with Crippen molar-refractivity contribution in [1.82, 2.24) is 19.9 Å². The molecule has 1 atom stereocenters. The zero-order valence-electron chi connectivity index (χ0n) is 15.3. The van der Waals surface area contributed by atoms with Gasteiger partial charge in [-0.3, -0.25) is 4.98 Å². The summed E-state index contributed by atoms with van der Waals surface area (Å²) in [4.78, 5) is 9.28. The molecule has 1 N–H and O–H groups in total. The number of aromatic nitrogens is 3. The van der Waals surface area contributed by atoms with Gasteiger partial charge in [0.15, 0.2) is 9.84 Å². The summed E-state index contributed by atoms with van der Waals surface area (Å²) in [6, 6.07) is 9.19. The number of nitrogens with one attached hydrogen (secondary N) is 1. The van der Waals surface area contributed by atoms with Crippen molar-refractivity contribution in [1.29, 1.82) is 0 Å². The molecule has 1 aliphatic heterocycles. The highest BCUT2D eigenvalue weighted by molar-refractivity contribution is 7.90. The van der Waals surface area contributed by atoms with Crippen LogP contribution < -0.4 is 5.32 Å². The first kappa shape index (κ1) is 18.1. The molecule has 0 spiro atoms. The van der Waals surface area contributed by atoms with E-state index in [1.165, 1.54) is 6.26 Å². The Bertz CT molecular complexity index is 1090. The van der Waals surface area contributed by atoms with Crippen LogP contribution in [0.15, 0.2) is 41.4 Å².